The number of carbonyl (C=O) groups excluding carboxylic acids is 1. The summed E-state index contributed by atoms with van der Waals surface area (Å²) in [6.07, 6.45) is 1.51. The highest BCUT2D eigenvalue weighted by Crippen LogP contribution is 2.26. The average molecular weight is 478 g/mol. The molecule has 0 aliphatic carbocycles. The van der Waals surface area contributed by atoms with Crippen LogP contribution in [0, 0.1) is 11.3 Å². The largest absolute Gasteiger partial charge is 0.310 e. The summed E-state index contributed by atoms with van der Waals surface area (Å²) in [6, 6.07) is 14.2. The molecule has 0 unspecified atom stereocenters. The molecule has 1 heterocycles. The van der Waals surface area contributed by atoms with E-state index in [9.17, 15) is 13.2 Å². The zero-order chi connectivity index (χ0) is 22.6. The van der Waals surface area contributed by atoms with Gasteiger partial charge in [-0.1, -0.05) is 35.3 Å². The number of rotatable bonds is 7. The third kappa shape index (κ3) is 5.24. The number of halogens is 2. The number of hydrogen-bond acceptors (Lipinski definition) is 5. The first-order valence-corrected chi connectivity index (χ1v) is 11.1. The molecule has 1 aromatic heterocycles. The maximum Gasteiger partial charge on any atom is 0.243 e. The molecule has 1 amide bonds. The van der Waals surface area contributed by atoms with Gasteiger partial charge in [0.15, 0.2) is 0 Å². The Morgan fingerprint density at radius 3 is 2.58 bits per heavy atom. The fourth-order valence-electron chi connectivity index (χ4n) is 2.75. The minimum atomic E-state index is -3.90. The number of nitrogens with zero attached hydrogens (tertiary/aromatic N) is 4. The van der Waals surface area contributed by atoms with Gasteiger partial charge in [0, 0.05) is 13.1 Å². The number of nitrogens with one attached hydrogen (secondary N) is 1. The molecule has 0 bridgehead atoms. The first-order chi connectivity index (χ1) is 14.7. The van der Waals surface area contributed by atoms with Crippen LogP contribution >= 0.6 is 23.2 Å². The quantitative estimate of drug-likeness (QED) is 0.560. The zero-order valence-corrected chi connectivity index (χ0v) is 18.6. The van der Waals surface area contributed by atoms with E-state index in [-0.39, 0.29) is 11.4 Å². The predicted molar refractivity (Wildman–Crippen MR) is 117 cm³/mol. The number of sulfonamides is 1. The van der Waals surface area contributed by atoms with Crippen molar-refractivity contribution < 1.29 is 13.2 Å². The van der Waals surface area contributed by atoms with Crippen LogP contribution in [-0.2, 0) is 21.4 Å². The number of anilines is 1. The van der Waals surface area contributed by atoms with Crippen LogP contribution in [0.2, 0.25) is 10.0 Å². The van der Waals surface area contributed by atoms with Crippen LogP contribution in [0.15, 0.2) is 59.6 Å². The summed E-state index contributed by atoms with van der Waals surface area (Å²) >= 11 is 12.2. The fourth-order valence-corrected chi connectivity index (χ4v) is 4.25. The Kier molecular flexibility index (Phi) is 6.97. The Balaban J connectivity index is 1.69. The van der Waals surface area contributed by atoms with E-state index >= 15 is 0 Å². The molecule has 3 rings (SSSR count). The summed E-state index contributed by atoms with van der Waals surface area (Å²) in [5, 5.41) is 16.5. The Bertz CT molecular complexity index is 1250. The number of likely N-dealkylation sites (N-methyl/N-ethyl adjacent to an activating group) is 1. The number of amides is 1. The Morgan fingerprint density at radius 2 is 1.90 bits per heavy atom. The van der Waals surface area contributed by atoms with Crippen molar-refractivity contribution in [2.45, 2.75) is 11.4 Å². The topological polar surface area (TPSA) is 108 Å². The molecule has 8 nitrogen and oxygen atoms in total. The van der Waals surface area contributed by atoms with Crippen LogP contribution < -0.4 is 5.32 Å². The summed E-state index contributed by atoms with van der Waals surface area (Å²) in [7, 11) is -2.60. The van der Waals surface area contributed by atoms with Gasteiger partial charge in [0.1, 0.15) is 5.82 Å². The first kappa shape index (κ1) is 22.8. The summed E-state index contributed by atoms with van der Waals surface area (Å²) < 4.78 is 27.8. The van der Waals surface area contributed by atoms with Crippen molar-refractivity contribution in [1.82, 2.24) is 14.1 Å². The van der Waals surface area contributed by atoms with Crippen molar-refractivity contribution in [2.75, 3.05) is 18.9 Å². The molecule has 3 aromatic rings. The van der Waals surface area contributed by atoms with Gasteiger partial charge in [-0.2, -0.15) is 14.7 Å². The van der Waals surface area contributed by atoms with Gasteiger partial charge in [0.25, 0.3) is 0 Å². The standard InChI is InChI=1S/C20H17Cl2N5O3S/c1-26(31(29,30)16-7-5-14(11-23)6-8-16)13-19(28)25-18-9-10-24-27(18)12-15-3-2-4-17(21)20(15)22/h2-10H,12-13H2,1H3,(H,25,28). The second-order valence-corrected chi connectivity index (χ2v) is 9.36. The van der Waals surface area contributed by atoms with Crippen molar-refractivity contribution >= 4 is 45.0 Å². The third-order valence-electron chi connectivity index (χ3n) is 4.39. The zero-order valence-electron chi connectivity index (χ0n) is 16.3. The van der Waals surface area contributed by atoms with Crippen LogP contribution in [0.4, 0.5) is 5.82 Å². The Labute approximate surface area is 189 Å². The lowest BCUT2D eigenvalue weighted by atomic mass is 10.2. The van der Waals surface area contributed by atoms with E-state index in [1.54, 1.807) is 24.3 Å². The number of hydrogen-bond donors (Lipinski definition) is 1. The SMILES string of the molecule is CN(CC(=O)Nc1ccnn1Cc1cccc(Cl)c1Cl)S(=O)(=O)c1ccc(C#N)cc1. The molecule has 0 fully saturated rings. The van der Waals surface area contributed by atoms with Gasteiger partial charge in [-0.25, -0.2) is 13.1 Å². The molecule has 0 spiro atoms. The maximum atomic E-state index is 12.7. The second kappa shape index (κ2) is 9.49. The van der Waals surface area contributed by atoms with Crippen LogP contribution in [0.25, 0.3) is 0 Å². The maximum absolute atomic E-state index is 12.7. The van der Waals surface area contributed by atoms with Crippen molar-refractivity contribution in [1.29, 1.82) is 5.26 Å². The smallest absolute Gasteiger partial charge is 0.243 e. The van der Waals surface area contributed by atoms with Gasteiger partial charge in [0.05, 0.1) is 45.9 Å². The molecule has 0 saturated carbocycles. The van der Waals surface area contributed by atoms with Crippen LogP contribution in [-0.4, -0.2) is 42.0 Å². The van der Waals surface area contributed by atoms with E-state index in [2.05, 4.69) is 10.4 Å². The lowest BCUT2D eigenvalue weighted by Gasteiger charge is -2.17. The van der Waals surface area contributed by atoms with Crippen LogP contribution in [0.3, 0.4) is 0 Å². The van der Waals surface area contributed by atoms with Gasteiger partial charge in [-0.05, 0) is 35.9 Å². The highest BCUT2D eigenvalue weighted by molar-refractivity contribution is 7.89. The van der Waals surface area contributed by atoms with Crippen molar-refractivity contribution in [3.63, 3.8) is 0 Å². The molecule has 1 N–H and O–H groups in total. The minimum Gasteiger partial charge on any atom is -0.310 e. The number of aromatic nitrogens is 2. The van der Waals surface area contributed by atoms with Gasteiger partial charge < -0.3 is 5.32 Å². The summed E-state index contributed by atoms with van der Waals surface area (Å²) in [5.41, 5.74) is 1.06. The number of benzene rings is 2. The summed E-state index contributed by atoms with van der Waals surface area (Å²) in [6.45, 7) is -0.146. The van der Waals surface area contributed by atoms with Crippen molar-refractivity contribution in [2.24, 2.45) is 0 Å². The Hall–Kier alpha value is -2.90. The van der Waals surface area contributed by atoms with E-state index < -0.39 is 22.5 Å². The van der Waals surface area contributed by atoms with Crippen LogP contribution in [0.5, 0.6) is 0 Å². The third-order valence-corrected chi connectivity index (χ3v) is 7.07. The van der Waals surface area contributed by atoms with Crippen LogP contribution in [0.1, 0.15) is 11.1 Å². The predicted octanol–water partition coefficient (Wildman–Crippen LogP) is 3.37. The molecule has 11 heteroatoms. The molecule has 0 saturated heterocycles. The summed E-state index contributed by atoms with van der Waals surface area (Å²) in [4.78, 5) is 12.5. The summed E-state index contributed by atoms with van der Waals surface area (Å²) in [5.74, 6) is -0.163. The van der Waals surface area contributed by atoms with Crippen molar-refractivity contribution in [3.8, 4) is 6.07 Å². The van der Waals surface area contributed by atoms with E-state index in [1.165, 1.54) is 42.2 Å². The molecule has 0 radical (unpaired) electrons. The average Bonchev–Trinajstić information content (AvgIpc) is 3.17. The highest BCUT2D eigenvalue weighted by atomic mass is 35.5. The van der Waals surface area contributed by atoms with Crippen molar-refractivity contribution in [3.05, 3.63) is 75.9 Å². The second-order valence-electron chi connectivity index (χ2n) is 6.53. The van der Waals surface area contributed by atoms with Gasteiger partial charge in [-0.3, -0.25) is 4.79 Å². The lowest BCUT2D eigenvalue weighted by Crippen LogP contribution is -2.35. The molecular weight excluding hydrogens is 461 g/mol. The number of carbonyl (C=O) groups is 1. The minimum absolute atomic E-state index is 0.0116. The molecule has 0 atom stereocenters. The van der Waals surface area contributed by atoms with Gasteiger partial charge >= 0.3 is 0 Å². The molecule has 31 heavy (non-hydrogen) atoms. The molecule has 0 aliphatic rings. The first-order valence-electron chi connectivity index (χ1n) is 8.93. The Morgan fingerprint density at radius 1 is 1.19 bits per heavy atom. The number of nitriles is 1. The molecular formula is C20H17Cl2N5O3S. The van der Waals surface area contributed by atoms with E-state index in [0.717, 1.165) is 4.31 Å². The molecule has 0 aliphatic heterocycles. The normalized spacial score (nSPS) is 11.3. The molecule has 160 valence electrons. The van der Waals surface area contributed by atoms with Gasteiger partial charge in [0.2, 0.25) is 15.9 Å². The highest BCUT2D eigenvalue weighted by Gasteiger charge is 2.23. The van der Waals surface area contributed by atoms with E-state index in [1.807, 2.05) is 6.07 Å². The van der Waals surface area contributed by atoms with E-state index in [0.29, 0.717) is 27.0 Å². The fraction of sp³-hybridized carbons (Fsp3) is 0.150. The lowest BCUT2D eigenvalue weighted by molar-refractivity contribution is -0.116. The molecule has 2 aromatic carbocycles. The monoisotopic (exact) mass is 477 g/mol. The van der Waals surface area contributed by atoms with Gasteiger partial charge in [-0.15, -0.1) is 0 Å². The van der Waals surface area contributed by atoms with E-state index in [4.69, 9.17) is 28.5 Å².